The molecule has 2 N–H and O–H groups in total. The highest BCUT2D eigenvalue weighted by atomic mass is 32.1. The molecule has 0 fully saturated rings. The van der Waals surface area contributed by atoms with Gasteiger partial charge in [0.25, 0.3) is 0 Å². The molecule has 1 aliphatic heterocycles. The van der Waals surface area contributed by atoms with Gasteiger partial charge in [0.2, 0.25) is 0 Å². The number of rotatable bonds is 4. The molecule has 0 saturated heterocycles. The highest BCUT2D eigenvalue weighted by Crippen LogP contribution is 2.37. The smallest absolute Gasteiger partial charge is 0.338 e. The van der Waals surface area contributed by atoms with Crippen LogP contribution in [0.5, 0.6) is 0 Å². The lowest BCUT2D eigenvalue weighted by Gasteiger charge is -2.27. The molecule has 1 unspecified atom stereocenters. The summed E-state index contributed by atoms with van der Waals surface area (Å²) < 4.78 is 5.14. The predicted octanol–water partition coefficient (Wildman–Crippen LogP) is 3.67. The molecule has 23 heavy (non-hydrogen) atoms. The number of amides is 2. The van der Waals surface area contributed by atoms with Gasteiger partial charge < -0.3 is 15.4 Å². The van der Waals surface area contributed by atoms with E-state index in [1.165, 1.54) is 4.88 Å². The highest BCUT2D eigenvalue weighted by Gasteiger charge is 2.33. The summed E-state index contributed by atoms with van der Waals surface area (Å²) >= 11 is 3.23. The van der Waals surface area contributed by atoms with Crippen molar-refractivity contribution in [2.75, 3.05) is 6.61 Å². The van der Waals surface area contributed by atoms with E-state index >= 15 is 0 Å². The Balaban J connectivity index is 1.97. The van der Waals surface area contributed by atoms with Crippen molar-refractivity contribution in [1.29, 1.82) is 0 Å². The van der Waals surface area contributed by atoms with Crippen molar-refractivity contribution in [1.82, 2.24) is 10.6 Å². The van der Waals surface area contributed by atoms with Gasteiger partial charge in [-0.25, -0.2) is 9.59 Å². The Morgan fingerprint density at radius 1 is 1.30 bits per heavy atom. The molecular weight excluding hydrogens is 332 g/mol. The molecule has 2 amide bonds. The molecule has 2 aromatic heterocycles. The summed E-state index contributed by atoms with van der Waals surface area (Å²) in [6.45, 7) is 3.77. The second-order valence-corrected chi connectivity index (χ2v) is 7.03. The van der Waals surface area contributed by atoms with E-state index < -0.39 is 12.0 Å². The lowest BCUT2D eigenvalue weighted by Crippen LogP contribution is -2.45. The molecule has 0 saturated carbocycles. The number of esters is 1. The van der Waals surface area contributed by atoms with Gasteiger partial charge in [0.05, 0.1) is 18.2 Å². The topological polar surface area (TPSA) is 67.4 Å². The van der Waals surface area contributed by atoms with Crippen LogP contribution in [0.3, 0.4) is 0 Å². The second-order valence-electron chi connectivity index (χ2n) is 4.97. The number of carbonyl (C=O) groups is 2. The minimum atomic E-state index is -0.485. The molecule has 0 spiro atoms. The van der Waals surface area contributed by atoms with Crippen molar-refractivity contribution in [2.45, 2.75) is 19.9 Å². The van der Waals surface area contributed by atoms with Gasteiger partial charge >= 0.3 is 12.0 Å². The SMILES string of the molecule is CCOC(=O)C1=C(C)NC(=O)NC1c1ccc(-c2cccs2)s1. The first-order valence-corrected chi connectivity index (χ1v) is 8.88. The molecule has 1 atom stereocenters. The van der Waals surface area contributed by atoms with E-state index in [2.05, 4.69) is 16.7 Å². The van der Waals surface area contributed by atoms with Gasteiger partial charge in [0.15, 0.2) is 0 Å². The summed E-state index contributed by atoms with van der Waals surface area (Å²) in [6, 6.07) is 7.21. The maximum atomic E-state index is 12.3. The van der Waals surface area contributed by atoms with Gasteiger partial charge in [-0.3, -0.25) is 0 Å². The Hall–Kier alpha value is -2.12. The van der Waals surface area contributed by atoms with E-state index in [1.54, 1.807) is 36.5 Å². The molecule has 120 valence electrons. The number of hydrogen-bond donors (Lipinski definition) is 2. The monoisotopic (exact) mass is 348 g/mol. The molecule has 2 aromatic rings. The van der Waals surface area contributed by atoms with Gasteiger partial charge in [-0.15, -0.1) is 22.7 Å². The molecule has 5 nitrogen and oxygen atoms in total. The maximum absolute atomic E-state index is 12.3. The van der Waals surface area contributed by atoms with E-state index in [-0.39, 0.29) is 6.03 Å². The number of urea groups is 1. The number of thiophene rings is 2. The summed E-state index contributed by atoms with van der Waals surface area (Å²) in [5.41, 5.74) is 0.981. The fourth-order valence-corrected chi connectivity index (χ4v) is 4.35. The van der Waals surface area contributed by atoms with E-state index in [4.69, 9.17) is 4.74 Å². The molecule has 7 heteroatoms. The van der Waals surface area contributed by atoms with Crippen molar-refractivity contribution in [3.63, 3.8) is 0 Å². The summed E-state index contributed by atoms with van der Waals surface area (Å²) in [5, 5.41) is 7.48. The Morgan fingerprint density at radius 2 is 2.13 bits per heavy atom. The predicted molar refractivity (Wildman–Crippen MR) is 91.4 cm³/mol. The fraction of sp³-hybridized carbons (Fsp3) is 0.250. The lowest BCUT2D eigenvalue weighted by atomic mass is 10.0. The normalized spacial score (nSPS) is 17.7. The zero-order valence-corrected chi connectivity index (χ0v) is 14.3. The third-order valence-corrected chi connectivity index (χ3v) is 5.66. The first-order chi connectivity index (χ1) is 11.1. The zero-order chi connectivity index (χ0) is 16.4. The molecule has 0 radical (unpaired) electrons. The number of nitrogens with one attached hydrogen (secondary N) is 2. The van der Waals surface area contributed by atoms with Crippen LogP contribution in [0.4, 0.5) is 4.79 Å². The van der Waals surface area contributed by atoms with Crippen LogP contribution >= 0.6 is 22.7 Å². The Kier molecular flexibility index (Phi) is 4.49. The Labute approximate surface area is 142 Å². The third kappa shape index (κ3) is 3.16. The van der Waals surface area contributed by atoms with Gasteiger partial charge in [-0.2, -0.15) is 0 Å². The first-order valence-electron chi connectivity index (χ1n) is 7.19. The van der Waals surface area contributed by atoms with Gasteiger partial charge in [-0.05, 0) is 37.4 Å². The molecule has 0 aromatic carbocycles. The van der Waals surface area contributed by atoms with E-state index in [0.29, 0.717) is 17.9 Å². The van der Waals surface area contributed by atoms with Crippen LogP contribution < -0.4 is 10.6 Å². The van der Waals surface area contributed by atoms with E-state index in [1.807, 2.05) is 23.6 Å². The fourth-order valence-electron chi connectivity index (χ4n) is 2.45. The second kappa shape index (κ2) is 6.55. The first kappa shape index (κ1) is 15.8. The number of hydrogen-bond acceptors (Lipinski definition) is 5. The van der Waals surface area contributed by atoms with Crippen molar-refractivity contribution < 1.29 is 14.3 Å². The third-order valence-electron chi connectivity index (χ3n) is 3.44. The summed E-state index contributed by atoms with van der Waals surface area (Å²) in [5.74, 6) is -0.409. The van der Waals surface area contributed by atoms with Crippen LogP contribution in [0.15, 0.2) is 40.9 Å². The summed E-state index contributed by atoms with van der Waals surface area (Å²) in [6.07, 6.45) is 0. The van der Waals surface area contributed by atoms with Crippen LogP contribution in [0, 0.1) is 0 Å². The minimum Gasteiger partial charge on any atom is -0.463 e. The average molecular weight is 348 g/mol. The number of allylic oxidation sites excluding steroid dienone is 1. The van der Waals surface area contributed by atoms with Crippen molar-refractivity contribution >= 4 is 34.7 Å². The maximum Gasteiger partial charge on any atom is 0.338 e. The molecular formula is C16H16N2O3S2. The quantitative estimate of drug-likeness (QED) is 0.829. The van der Waals surface area contributed by atoms with Crippen LogP contribution in [0.2, 0.25) is 0 Å². The van der Waals surface area contributed by atoms with Crippen LogP contribution in [-0.2, 0) is 9.53 Å². The molecule has 0 aliphatic carbocycles. The number of carbonyl (C=O) groups excluding carboxylic acids is 2. The molecule has 3 heterocycles. The van der Waals surface area contributed by atoms with Gasteiger partial charge in [0.1, 0.15) is 0 Å². The van der Waals surface area contributed by atoms with Crippen molar-refractivity contribution in [2.24, 2.45) is 0 Å². The molecule has 3 rings (SSSR count). The standard InChI is InChI=1S/C16H16N2O3S2/c1-3-21-15(19)13-9(2)17-16(20)18-14(13)12-7-6-11(23-12)10-5-4-8-22-10/h4-8,14H,3H2,1-2H3,(H2,17,18,20). The largest absolute Gasteiger partial charge is 0.463 e. The van der Waals surface area contributed by atoms with Crippen molar-refractivity contribution in [3.8, 4) is 9.75 Å². The average Bonchev–Trinajstić information content (AvgIpc) is 3.18. The summed E-state index contributed by atoms with van der Waals surface area (Å²) in [4.78, 5) is 27.3. The summed E-state index contributed by atoms with van der Waals surface area (Å²) in [7, 11) is 0. The molecule has 0 bridgehead atoms. The minimum absolute atomic E-state index is 0.293. The van der Waals surface area contributed by atoms with Crippen molar-refractivity contribution in [3.05, 3.63) is 45.8 Å². The highest BCUT2D eigenvalue weighted by molar-refractivity contribution is 7.21. The van der Waals surface area contributed by atoms with Crippen LogP contribution in [-0.4, -0.2) is 18.6 Å². The Morgan fingerprint density at radius 3 is 2.83 bits per heavy atom. The van der Waals surface area contributed by atoms with Gasteiger partial charge in [0, 0.05) is 20.3 Å². The lowest BCUT2D eigenvalue weighted by molar-refractivity contribution is -0.139. The zero-order valence-electron chi connectivity index (χ0n) is 12.7. The number of ether oxygens (including phenoxy) is 1. The van der Waals surface area contributed by atoms with E-state index in [9.17, 15) is 9.59 Å². The van der Waals surface area contributed by atoms with Crippen LogP contribution in [0.25, 0.3) is 9.75 Å². The van der Waals surface area contributed by atoms with Gasteiger partial charge in [-0.1, -0.05) is 6.07 Å². The Bertz CT molecular complexity index is 762. The molecule has 1 aliphatic rings. The van der Waals surface area contributed by atoms with Crippen LogP contribution in [0.1, 0.15) is 24.8 Å². The van der Waals surface area contributed by atoms with E-state index in [0.717, 1.165) is 9.75 Å².